The summed E-state index contributed by atoms with van der Waals surface area (Å²) in [5, 5.41) is 4.30. The first-order chi connectivity index (χ1) is 9.37. The lowest BCUT2D eigenvalue weighted by molar-refractivity contribution is 0.00578. The van der Waals surface area contributed by atoms with E-state index in [1.165, 1.54) is 0 Å². The maximum absolute atomic E-state index is 6.03. The molecule has 0 spiro atoms. The van der Waals surface area contributed by atoms with Crippen molar-refractivity contribution >= 4 is 12.7 Å². The number of aromatic nitrogens is 2. The largest absolute Gasteiger partial charge is 0.514 e. The van der Waals surface area contributed by atoms with Gasteiger partial charge in [-0.2, -0.15) is 5.10 Å². The zero-order valence-corrected chi connectivity index (χ0v) is 12.8. The van der Waals surface area contributed by atoms with Crippen LogP contribution in [0.1, 0.15) is 27.7 Å². The van der Waals surface area contributed by atoms with Gasteiger partial charge in [0.05, 0.1) is 36.6 Å². The van der Waals surface area contributed by atoms with E-state index >= 15 is 0 Å². The predicted molar refractivity (Wildman–Crippen MR) is 77.8 cm³/mol. The number of ether oxygens (including phenoxy) is 1. The lowest BCUT2D eigenvalue weighted by atomic mass is 9.85. The monoisotopic (exact) mass is 281 g/mol. The van der Waals surface area contributed by atoms with Crippen LogP contribution in [-0.4, -0.2) is 47.9 Å². The molecule has 0 atom stereocenters. The molecule has 6 nitrogen and oxygen atoms in total. The Labute approximate surface area is 120 Å². The van der Waals surface area contributed by atoms with E-state index in [9.17, 15) is 0 Å². The van der Waals surface area contributed by atoms with Crippen LogP contribution in [0.2, 0.25) is 0 Å². The third-order valence-electron chi connectivity index (χ3n) is 3.95. The fourth-order valence-electron chi connectivity index (χ4n) is 2.03. The van der Waals surface area contributed by atoms with Gasteiger partial charge in [0.15, 0.2) is 0 Å². The van der Waals surface area contributed by atoms with Gasteiger partial charge in [0.2, 0.25) is 0 Å². The lowest BCUT2D eigenvalue weighted by Crippen LogP contribution is -2.41. The van der Waals surface area contributed by atoms with E-state index in [4.69, 9.17) is 19.8 Å². The molecule has 0 bridgehead atoms. The molecule has 0 saturated carbocycles. The van der Waals surface area contributed by atoms with E-state index in [2.05, 4.69) is 5.10 Å². The first-order valence-electron chi connectivity index (χ1n) is 7.02. The molecule has 1 saturated heterocycles. The Hall–Kier alpha value is -0.885. The minimum absolute atomic E-state index is 0.344. The second-order valence-electron chi connectivity index (χ2n) is 5.97. The van der Waals surface area contributed by atoms with Crippen LogP contribution < -0.4 is 11.3 Å². The van der Waals surface area contributed by atoms with E-state index in [1.807, 2.05) is 38.4 Å². The highest BCUT2D eigenvalue weighted by Crippen LogP contribution is 2.36. The summed E-state index contributed by atoms with van der Waals surface area (Å²) in [7, 11) is -0.392. The molecular weight excluding hydrogens is 257 g/mol. The second kappa shape index (κ2) is 5.85. The summed E-state index contributed by atoms with van der Waals surface area (Å²) in [5.74, 6) is 0. The van der Waals surface area contributed by atoms with Crippen LogP contribution in [0.5, 0.6) is 0 Å². The Morgan fingerprint density at radius 1 is 1.25 bits per heavy atom. The van der Waals surface area contributed by atoms with Gasteiger partial charge in [-0.25, -0.2) is 0 Å². The molecule has 20 heavy (non-hydrogen) atoms. The topological polar surface area (TPSA) is 71.5 Å². The normalized spacial score (nSPS) is 20.6. The van der Waals surface area contributed by atoms with Gasteiger partial charge < -0.3 is 19.8 Å². The van der Waals surface area contributed by atoms with Crippen molar-refractivity contribution < 1.29 is 14.0 Å². The molecule has 1 aromatic rings. The van der Waals surface area contributed by atoms with Crippen molar-refractivity contribution in [1.29, 1.82) is 0 Å². The molecule has 0 aromatic carbocycles. The highest BCUT2D eigenvalue weighted by molar-refractivity contribution is 6.61. The average molecular weight is 281 g/mol. The minimum Gasteiger partial charge on any atom is -0.398 e. The SMILES string of the molecule is CC1(C)OB(c2ccnn2CCOCCN)OC1(C)C. The second-order valence-corrected chi connectivity index (χ2v) is 5.97. The van der Waals surface area contributed by atoms with Gasteiger partial charge in [-0.1, -0.05) is 0 Å². The molecule has 0 unspecified atom stereocenters. The van der Waals surface area contributed by atoms with Gasteiger partial charge in [-0.3, -0.25) is 4.68 Å². The summed E-state index contributed by atoms with van der Waals surface area (Å²) in [6.45, 7) is 10.5. The van der Waals surface area contributed by atoms with Crippen LogP contribution in [0.25, 0.3) is 0 Å². The zero-order valence-electron chi connectivity index (χ0n) is 12.8. The molecular formula is C13H24BN3O3. The minimum atomic E-state index is -0.392. The number of nitrogens with zero attached hydrogens (tertiary/aromatic N) is 2. The van der Waals surface area contributed by atoms with Gasteiger partial charge in [-0.15, -0.1) is 0 Å². The summed E-state index contributed by atoms with van der Waals surface area (Å²) in [4.78, 5) is 0. The number of nitrogens with two attached hydrogens (primary N) is 1. The molecule has 2 N–H and O–H groups in total. The molecule has 1 fully saturated rings. The molecule has 2 rings (SSSR count). The van der Waals surface area contributed by atoms with Gasteiger partial charge in [0.1, 0.15) is 0 Å². The maximum atomic E-state index is 6.03. The molecule has 0 amide bonds. The molecule has 7 heteroatoms. The summed E-state index contributed by atoms with van der Waals surface area (Å²) in [5.41, 5.74) is 5.62. The van der Waals surface area contributed by atoms with Crippen LogP contribution in [-0.2, 0) is 20.6 Å². The predicted octanol–water partition coefficient (Wildman–Crippen LogP) is 0.158. The van der Waals surface area contributed by atoms with Crippen molar-refractivity contribution in [3.8, 4) is 0 Å². The van der Waals surface area contributed by atoms with Crippen molar-refractivity contribution in [2.24, 2.45) is 5.73 Å². The Kier molecular flexibility index (Phi) is 4.54. The smallest absolute Gasteiger partial charge is 0.398 e. The average Bonchev–Trinajstić information content (AvgIpc) is 2.88. The van der Waals surface area contributed by atoms with Crippen molar-refractivity contribution in [2.45, 2.75) is 45.4 Å². The fraction of sp³-hybridized carbons (Fsp3) is 0.769. The van der Waals surface area contributed by atoms with E-state index in [-0.39, 0.29) is 11.2 Å². The molecule has 0 aliphatic carbocycles. The first-order valence-corrected chi connectivity index (χ1v) is 7.02. The van der Waals surface area contributed by atoms with E-state index < -0.39 is 7.12 Å². The van der Waals surface area contributed by atoms with E-state index in [1.54, 1.807) is 6.20 Å². The number of hydrogen-bond acceptors (Lipinski definition) is 5. The Morgan fingerprint density at radius 3 is 2.50 bits per heavy atom. The highest BCUT2D eigenvalue weighted by atomic mass is 16.7. The van der Waals surface area contributed by atoms with Gasteiger partial charge in [0, 0.05) is 12.7 Å². The van der Waals surface area contributed by atoms with Crippen LogP contribution in [0.3, 0.4) is 0 Å². The van der Waals surface area contributed by atoms with Gasteiger partial charge in [0.25, 0.3) is 0 Å². The third-order valence-corrected chi connectivity index (χ3v) is 3.95. The fourth-order valence-corrected chi connectivity index (χ4v) is 2.03. The number of rotatable bonds is 6. The van der Waals surface area contributed by atoms with Crippen molar-refractivity contribution in [1.82, 2.24) is 9.78 Å². The van der Waals surface area contributed by atoms with Gasteiger partial charge in [-0.05, 0) is 33.8 Å². The van der Waals surface area contributed by atoms with Gasteiger partial charge >= 0.3 is 7.12 Å². The maximum Gasteiger partial charge on any atom is 0.514 e. The first kappa shape index (κ1) is 15.5. The van der Waals surface area contributed by atoms with Crippen molar-refractivity contribution in [2.75, 3.05) is 19.8 Å². The molecule has 0 radical (unpaired) electrons. The standard InChI is InChI=1S/C13H24BN3O3/c1-12(2)13(3,4)20-14(19-12)11-5-7-16-17(11)8-10-18-9-6-15/h5,7H,6,8-10,15H2,1-4H3. The van der Waals surface area contributed by atoms with Crippen LogP contribution >= 0.6 is 0 Å². The molecule has 1 aromatic heterocycles. The van der Waals surface area contributed by atoms with Crippen LogP contribution in [0.15, 0.2) is 12.3 Å². The van der Waals surface area contributed by atoms with Crippen molar-refractivity contribution in [3.05, 3.63) is 12.3 Å². The summed E-state index contributed by atoms with van der Waals surface area (Å²) < 4.78 is 19.3. The third kappa shape index (κ3) is 3.06. The van der Waals surface area contributed by atoms with E-state index in [0.29, 0.717) is 26.3 Å². The molecule has 1 aliphatic rings. The molecule has 2 heterocycles. The van der Waals surface area contributed by atoms with E-state index in [0.717, 1.165) is 5.59 Å². The zero-order chi connectivity index (χ0) is 14.8. The number of hydrogen-bond donors (Lipinski definition) is 1. The molecule has 112 valence electrons. The van der Waals surface area contributed by atoms with Crippen LogP contribution in [0, 0.1) is 0 Å². The Balaban J connectivity index is 2.02. The summed E-state index contributed by atoms with van der Waals surface area (Å²) in [6.07, 6.45) is 1.75. The summed E-state index contributed by atoms with van der Waals surface area (Å²) in [6, 6.07) is 1.92. The van der Waals surface area contributed by atoms with Crippen LogP contribution in [0.4, 0.5) is 0 Å². The quantitative estimate of drug-likeness (QED) is 0.594. The lowest BCUT2D eigenvalue weighted by Gasteiger charge is -2.32. The highest BCUT2D eigenvalue weighted by Gasteiger charge is 2.52. The van der Waals surface area contributed by atoms with Crippen molar-refractivity contribution in [3.63, 3.8) is 0 Å². The Morgan fingerprint density at radius 2 is 1.90 bits per heavy atom. The molecule has 1 aliphatic heterocycles. The Bertz CT molecular complexity index is 432. The summed E-state index contributed by atoms with van der Waals surface area (Å²) >= 11 is 0.